The zero-order valence-electron chi connectivity index (χ0n) is 7.28. The van der Waals surface area contributed by atoms with Gasteiger partial charge in [-0.1, -0.05) is 6.08 Å². The lowest BCUT2D eigenvalue weighted by atomic mass is 10.3. The van der Waals surface area contributed by atoms with Gasteiger partial charge in [0.1, 0.15) is 0 Å². The molecule has 1 amide bonds. The molecule has 6 nitrogen and oxygen atoms in total. The number of aromatic carboxylic acids is 1. The lowest BCUT2D eigenvalue weighted by molar-refractivity contribution is 0.0685. The molecule has 74 valence electrons. The molecular weight excluding hydrogens is 186 g/mol. The molecule has 0 spiro atoms. The van der Waals surface area contributed by atoms with Crippen LogP contribution >= 0.6 is 0 Å². The third kappa shape index (κ3) is 1.98. The SMILES string of the molecule is C=CCNC(=O)c1nc[nH]c1C(=O)O. The van der Waals surface area contributed by atoms with Crippen LogP contribution in [0.5, 0.6) is 0 Å². The van der Waals surface area contributed by atoms with Gasteiger partial charge in [-0.25, -0.2) is 9.78 Å². The molecule has 0 bridgehead atoms. The fraction of sp³-hybridized carbons (Fsp3) is 0.125. The van der Waals surface area contributed by atoms with Crippen molar-refractivity contribution in [1.82, 2.24) is 15.3 Å². The molecule has 1 aromatic rings. The standard InChI is InChI=1S/C8H9N3O3/c1-2-3-9-7(12)5-6(8(13)14)11-4-10-5/h2,4H,1,3H2,(H,9,12)(H,10,11)(H,13,14). The normalized spacial score (nSPS) is 9.43. The molecule has 0 aliphatic heterocycles. The number of hydrogen-bond acceptors (Lipinski definition) is 3. The van der Waals surface area contributed by atoms with E-state index in [9.17, 15) is 9.59 Å². The largest absolute Gasteiger partial charge is 0.477 e. The number of aromatic amines is 1. The van der Waals surface area contributed by atoms with Crippen LogP contribution in [0.2, 0.25) is 0 Å². The van der Waals surface area contributed by atoms with Crippen molar-refractivity contribution in [2.45, 2.75) is 0 Å². The maximum absolute atomic E-state index is 11.3. The summed E-state index contributed by atoms with van der Waals surface area (Å²) in [4.78, 5) is 27.8. The van der Waals surface area contributed by atoms with Gasteiger partial charge in [-0.2, -0.15) is 0 Å². The van der Waals surface area contributed by atoms with Crippen molar-refractivity contribution >= 4 is 11.9 Å². The van der Waals surface area contributed by atoms with E-state index in [2.05, 4.69) is 21.9 Å². The highest BCUT2D eigenvalue weighted by Crippen LogP contribution is 2.01. The van der Waals surface area contributed by atoms with Gasteiger partial charge in [-0.15, -0.1) is 6.58 Å². The van der Waals surface area contributed by atoms with Crippen molar-refractivity contribution in [1.29, 1.82) is 0 Å². The van der Waals surface area contributed by atoms with Crippen LogP contribution in [0, 0.1) is 0 Å². The van der Waals surface area contributed by atoms with E-state index in [1.807, 2.05) is 0 Å². The number of nitrogens with one attached hydrogen (secondary N) is 2. The van der Waals surface area contributed by atoms with Crippen LogP contribution in [0.25, 0.3) is 0 Å². The van der Waals surface area contributed by atoms with Crippen molar-refractivity contribution in [3.8, 4) is 0 Å². The summed E-state index contributed by atoms with van der Waals surface area (Å²) in [5.74, 6) is -1.75. The zero-order valence-corrected chi connectivity index (χ0v) is 7.28. The van der Waals surface area contributed by atoms with Gasteiger partial charge in [0.05, 0.1) is 6.33 Å². The highest BCUT2D eigenvalue weighted by molar-refractivity contribution is 6.02. The summed E-state index contributed by atoms with van der Waals surface area (Å²) in [6, 6.07) is 0. The summed E-state index contributed by atoms with van der Waals surface area (Å²) < 4.78 is 0. The minimum Gasteiger partial charge on any atom is -0.477 e. The third-order valence-electron chi connectivity index (χ3n) is 1.48. The van der Waals surface area contributed by atoms with Crippen molar-refractivity contribution in [3.05, 3.63) is 30.4 Å². The van der Waals surface area contributed by atoms with E-state index >= 15 is 0 Å². The minimum absolute atomic E-state index is 0.126. The van der Waals surface area contributed by atoms with Crippen LogP contribution in [0.15, 0.2) is 19.0 Å². The number of hydrogen-bond donors (Lipinski definition) is 3. The molecular formula is C8H9N3O3. The van der Waals surface area contributed by atoms with Crippen LogP contribution in [-0.2, 0) is 0 Å². The lowest BCUT2D eigenvalue weighted by Crippen LogP contribution is -2.25. The van der Waals surface area contributed by atoms with Gasteiger partial charge in [-0.3, -0.25) is 4.79 Å². The maximum Gasteiger partial charge on any atom is 0.354 e. The first-order valence-electron chi connectivity index (χ1n) is 3.82. The van der Waals surface area contributed by atoms with Crippen molar-refractivity contribution in [2.24, 2.45) is 0 Å². The number of rotatable bonds is 4. The molecule has 0 saturated carbocycles. The van der Waals surface area contributed by atoms with Gasteiger partial charge in [0.15, 0.2) is 11.4 Å². The van der Waals surface area contributed by atoms with E-state index in [4.69, 9.17) is 5.11 Å². The van der Waals surface area contributed by atoms with E-state index in [1.54, 1.807) is 0 Å². The lowest BCUT2D eigenvalue weighted by Gasteiger charge is -1.99. The fourth-order valence-corrected chi connectivity index (χ4v) is 0.878. The quantitative estimate of drug-likeness (QED) is 0.590. The molecule has 0 aliphatic rings. The van der Waals surface area contributed by atoms with E-state index in [0.29, 0.717) is 0 Å². The first-order chi connectivity index (χ1) is 6.66. The number of carboxylic acids is 1. The summed E-state index contributed by atoms with van der Waals surface area (Å²) >= 11 is 0. The first kappa shape index (κ1) is 9.97. The molecule has 3 N–H and O–H groups in total. The monoisotopic (exact) mass is 195 g/mol. The van der Waals surface area contributed by atoms with Gasteiger partial charge in [0.25, 0.3) is 5.91 Å². The molecule has 14 heavy (non-hydrogen) atoms. The number of carbonyl (C=O) groups is 2. The first-order valence-corrected chi connectivity index (χ1v) is 3.82. The summed E-state index contributed by atoms with van der Waals surface area (Å²) in [6.07, 6.45) is 2.65. The average molecular weight is 195 g/mol. The number of nitrogens with zero attached hydrogens (tertiary/aromatic N) is 1. The summed E-state index contributed by atoms with van der Waals surface area (Å²) in [6.45, 7) is 3.68. The Morgan fingerprint density at radius 1 is 1.71 bits per heavy atom. The number of H-pyrrole nitrogens is 1. The van der Waals surface area contributed by atoms with Crippen LogP contribution in [0.3, 0.4) is 0 Å². The van der Waals surface area contributed by atoms with Crippen molar-refractivity contribution < 1.29 is 14.7 Å². The van der Waals surface area contributed by atoms with Gasteiger partial charge in [-0.05, 0) is 0 Å². The molecule has 0 aliphatic carbocycles. The number of carbonyl (C=O) groups excluding carboxylic acids is 1. The van der Waals surface area contributed by atoms with E-state index in [-0.39, 0.29) is 17.9 Å². The van der Waals surface area contributed by atoms with Gasteiger partial charge >= 0.3 is 5.97 Å². The molecule has 6 heteroatoms. The molecule has 1 heterocycles. The zero-order chi connectivity index (χ0) is 10.6. The second-order valence-electron chi connectivity index (χ2n) is 2.43. The summed E-state index contributed by atoms with van der Waals surface area (Å²) in [5.41, 5.74) is -0.342. The van der Waals surface area contributed by atoms with E-state index < -0.39 is 11.9 Å². The Bertz CT molecular complexity index is 370. The molecule has 0 unspecified atom stereocenters. The average Bonchev–Trinajstić information content (AvgIpc) is 2.62. The van der Waals surface area contributed by atoms with Crippen molar-refractivity contribution in [2.75, 3.05) is 6.54 Å². The van der Waals surface area contributed by atoms with Gasteiger partial charge in [0, 0.05) is 6.54 Å². The van der Waals surface area contributed by atoms with Crippen molar-refractivity contribution in [3.63, 3.8) is 0 Å². The Morgan fingerprint density at radius 2 is 2.43 bits per heavy atom. The van der Waals surface area contributed by atoms with Crippen LogP contribution in [0.4, 0.5) is 0 Å². The predicted molar refractivity (Wildman–Crippen MR) is 48.1 cm³/mol. The molecule has 1 rings (SSSR count). The van der Waals surface area contributed by atoms with E-state index in [1.165, 1.54) is 6.08 Å². The Kier molecular flexibility index (Phi) is 3.01. The Labute approximate surface area is 79.7 Å². The second-order valence-corrected chi connectivity index (χ2v) is 2.43. The topological polar surface area (TPSA) is 95.1 Å². The smallest absolute Gasteiger partial charge is 0.354 e. The summed E-state index contributed by atoms with van der Waals surface area (Å²) in [7, 11) is 0. The highest BCUT2D eigenvalue weighted by Gasteiger charge is 2.18. The van der Waals surface area contributed by atoms with Gasteiger partial charge < -0.3 is 15.4 Å². The Hall–Kier alpha value is -2.11. The number of imidazole rings is 1. The molecule has 1 aromatic heterocycles. The molecule has 0 fully saturated rings. The minimum atomic E-state index is -1.22. The Morgan fingerprint density at radius 3 is 3.00 bits per heavy atom. The third-order valence-corrected chi connectivity index (χ3v) is 1.48. The summed E-state index contributed by atoms with van der Waals surface area (Å²) in [5, 5.41) is 11.1. The highest BCUT2D eigenvalue weighted by atomic mass is 16.4. The van der Waals surface area contributed by atoms with E-state index in [0.717, 1.165) is 6.33 Å². The number of carboxylic acid groups (broad SMARTS) is 1. The fourth-order valence-electron chi connectivity index (χ4n) is 0.878. The molecule has 0 atom stereocenters. The molecule has 0 saturated heterocycles. The Balaban J connectivity index is 2.84. The number of amides is 1. The van der Waals surface area contributed by atoms with Crippen LogP contribution in [0.1, 0.15) is 21.0 Å². The van der Waals surface area contributed by atoms with Gasteiger partial charge in [0.2, 0.25) is 0 Å². The molecule has 0 radical (unpaired) electrons. The van der Waals surface area contributed by atoms with Crippen LogP contribution in [-0.4, -0.2) is 33.5 Å². The predicted octanol–water partition coefficient (Wildman–Crippen LogP) is 0.0237. The molecule has 0 aromatic carbocycles. The second kappa shape index (κ2) is 4.22. The number of aromatic nitrogens is 2. The maximum atomic E-state index is 11.3. The van der Waals surface area contributed by atoms with Crippen LogP contribution < -0.4 is 5.32 Å².